The maximum absolute atomic E-state index is 5.82. The van der Waals surface area contributed by atoms with E-state index < -0.39 is 0 Å². The summed E-state index contributed by atoms with van der Waals surface area (Å²) in [4.78, 5) is 8.70. The van der Waals surface area contributed by atoms with Gasteiger partial charge >= 0.3 is 0 Å². The molecule has 0 aliphatic rings. The summed E-state index contributed by atoms with van der Waals surface area (Å²) in [6, 6.07) is 7.74. The third-order valence-electron chi connectivity index (χ3n) is 2.32. The first kappa shape index (κ1) is 10.4. The van der Waals surface area contributed by atoms with Crippen molar-refractivity contribution in [2.24, 2.45) is 0 Å². The van der Waals surface area contributed by atoms with Gasteiger partial charge in [0.15, 0.2) is 11.6 Å². The van der Waals surface area contributed by atoms with E-state index >= 15 is 0 Å². The molecule has 0 saturated heterocycles. The van der Waals surface area contributed by atoms with Gasteiger partial charge in [-0.3, -0.25) is 0 Å². The van der Waals surface area contributed by atoms with Crippen LogP contribution in [0.4, 0.5) is 11.6 Å². The maximum Gasteiger partial charge on any atom is 0.170 e. The van der Waals surface area contributed by atoms with Crippen molar-refractivity contribution in [3.05, 3.63) is 36.9 Å². The maximum atomic E-state index is 5.82. The van der Waals surface area contributed by atoms with Gasteiger partial charge in [-0.15, -0.1) is 6.58 Å². The molecule has 0 spiro atoms. The Bertz CT molecular complexity index is 521. The molecule has 2 aromatic rings. The number of aromatic nitrogens is 2. The zero-order chi connectivity index (χ0) is 11.5. The van der Waals surface area contributed by atoms with Crippen molar-refractivity contribution < 1.29 is 0 Å². The highest BCUT2D eigenvalue weighted by Gasteiger charge is 2.06. The second kappa shape index (κ2) is 4.18. The van der Waals surface area contributed by atoms with Crippen LogP contribution in [0.5, 0.6) is 0 Å². The van der Waals surface area contributed by atoms with E-state index in [2.05, 4.69) is 21.9 Å². The third-order valence-corrected chi connectivity index (χ3v) is 2.32. The molecule has 1 aromatic carbocycles. The molecule has 1 unspecified atom stereocenters. The van der Waals surface area contributed by atoms with Crippen LogP contribution < -0.4 is 11.1 Å². The van der Waals surface area contributed by atoms with Crippen LogP contribution >= 0.6 is 0 Å². The lowest BCUT2D eigenvalue weighted by Gasteiger charge is -2.12. The number of benzene rings is 1. The summed E-state index contributed by atoms with van der Waals surface area (Å²) in [5.41, 5.74) is 7.45. The van der Waals surface area contributed by atoms with E-state index in [4.69, 9.17) is 5.73 Å². The molecule has 0 radical (unpaired) electrons. The van der Waals surface area contributed by atoms with Crippen molar-refractivity contribution in [3.8, 4) is 0 Å². The van der Waals surface area contributed by atoms with Crippen molar-refractivity contribution in [3.63, 3.8) is 0 Å². The average Bonchev–Trinajstić information content (AvgIpc) is 2.30. The van der Waals surface area contributed by atoms with Crippen molar-refractivity contribution in [2.45, 2.75) is 13.0 Å². The Morgan fingerprint density at radius 2 is 1.94 bits per heavy atom. The first-order valence-electron chi connectivity index (χ1n) is 5.12. The summed E-state index contributed by atoms with van der Waals surface area (Å²) in [6.07, 6.45) is 1.79. The zero-order valence-corrected chi connectivity index (χ0v) is 9.14. The smallest absolute Gasteiger partial charge is 0.170 e. The number of fused-ring (bicyclic) bond motifs is 1. The predicted octanol–water partition coefficient (Wildman–Crippen LogP) is 2.20. The minimum atomic E-state index is 0.109. The molecule has 1 heterocycles. The molecule has 0 bridgehead atoms. The SMILES string of the molecule is C=CC(C)Nc1nc2ccccc2nc1N. The van der Waals surface area contributed by atoms with Crippen LogP contribution in [-0.4, -0.2) is 16.0 Å². The second-order valence-corrected chi connectivity index (χ2v) is 3.61. The van der Waals surface area contributed by atoms with Crippen LogP contribution in [-0.2, 0) is 0 Å². The Hall–Kier alpha value is -2.10. The lowest BCUT2D eigenvalue weighted by molar-refractivity contribution is 0.985. The Labute approximate surface area is 94.2 Å². The molecule has 0 aliphatic heterocycles. The highest BCUT2D eigenvalue weighted by atomic mass is 15.1. The van der Waals surface area contributed by atoms with Gasteiger partial charge in [-0.2, -0.15) is 0 Å². The Balaban J connectivity index is 2.45. The van der Waals surface area contributed by atoms with Gasteiger partial charge in [0.1, 0.15) is 0 Å². The van der Waals surface area contributed by atoms with Gasteiger partial charge in [-0.25, -0.2) is 9.97 Å². The molecule has 0 amide bonds. The number of nitrogen functional groups attached to an aromatic ring is 1. The Morgan fingerprint density at radius 1 is 1.31 bits per heavy atom. The fourth-order valence-corrected chi connectivity index (χ4v) is 1.39. The minimum Gasteiger partial charge on any atom is -0.381 e. The van der Waals surface area contributed by atoms with Crippen LogP contribution in [0.15, 0.2) is 36.9 Å². The molecule has 4 nitrogen and oxygen atoms in total. The number of nitrogens with one attached hydrogen (secondary N) is 1. The monoisotopic (exact) mass is 214 g/mol. The van der Waals surface area contributed by atoms with Crippen LogP contribution in [0.25, 0.3) is 11.0 Å². The molecule has 0 aliphatic carbocycles. The van der Waals surface area contributed by atoms with Gasteiger partial charge in [-0.1, -0.05) is 18.2 Å². The fraction of sp³-hybridized carbons (Fsp3) is 0.167. The van der Waals surface area contributed by atoms with Crippen LogP contribution in [0, 0.1) is 0 Å². The standard InChI is InChI=1S/C12H14N4/c1-3-8(2)14-12-11(13)15-9-6-4-5-7-10(9)16-12/h3-8H,1H2,2H3,(H2,13,15)(H,14,16). The second-order valence-electron chi connectivity index (χ2n) is 3.61. The third kappa shape index (κ3) is 1.95. The van der Waals surface area contributed by atoms with E-state index in [1.54, 1.807) is 6.08 Å². The highest BCUT2D eigenvalue weighted by Crippen LogP contribution is 2.18. The molecular weight excluding hydrogens is 200 g/mol. The predicted molar refractivity (Wildman–Crippen MR) is 67.2 cm³/mol. The van der Waals surface area contributed by atoms with E-state index in [0.717, 1.165) is 11.0 Å². The number of anilines is 2. The topological polar surface area (TPSA) is 63.8 Å². The number of hydrogen-bond acceptors (Lipinski definition) is 4. The number of rotatable bonds is 3. The van der Waals surface area contributed by atoms with Gasteiger partial charge < -0.3 is 11.1 Å². The van der Waals surface area contributed by atoms with Gasteiger partial charge in [-0.05, 0) is 19.1 Å². The lowest BCUT2D eigenvalue weighted by Crippen LogP contribution is -2.14. The number of nitrogens with two attached hydrogens (primary N) is 1. The van der Waals surface area contributed by atoms with Gasteiger partial charge in [0.2, 0.25) is 0 Å². The quantitative estimate of drug-likeness (QED) is 0.769. The molecule has 0 fully saturated rings. The van der Waals surface area contributed by atoms with Crippen molar-refractivity contribution in [1.29, 1.82) is 0 Å². The molecule has 0 saturated carbocycles. The zero-order valence-electron chi connectivity index (χ0n) is 9.14. The normalized spacial score (nSPS) is 12.3. The first-order chi connectivity index (χ1) is 7.70. The van der Waals surface area contributed by atoms with E-state index in [0.29, 0.717) is 11.6 Å². The van der Waals surface area contributed by atoms with E-state index in [1.165, 1.54) is 0 Å². The van der Waals surface area contributed by atoms with E-state index in [-0.39, 0.29) is 6.04 Å². The Kier molecular flexibility index (Phi) is 2.72. The molecule has 1 aromatic heterocycles. The lowest BCUT2D eigenvalue weighted by atomic mass is 10.3. The summed E-state index contributed by atoms with van der Waals surface area (Å²) in [5, 5.41) is 3.14. The molecule has 16 heavy (non-hydrogen) atoms. The average molecular weight is 214 g/mol. The number of nitrogens with zero attached hydrogens (tertiary/aromatic N) is 2. The Morgan fingerprint density at radius 3 is 2.56 bits per heavy atom. The number of hydrogen-bond donors (Lipinski definition) is 2. The summed E-state index contributed by atoms with van der Waals surface area (Å²) < 4.78 is 0. The van der Waals surface area contributed by atoms with Gasteiger partial charge in [0.05, 0.1) is 11.0 Å². The molecule has 4 heteroatoms. The van der Waals surface area contributed by atoms with Gasteiger partial charge in [0.25, 0.3) is 0 Å². The fourth-order valence-electron chi connectivity index (χ4n) is 1.39. The molecule has 82 valence electrons. The van der Waals surface area contributed by atoms with Gasteiger partial charge in [0, 0.05) is 6.04 Å². The van der Waals surface area contributed by atoms with E-state index in [1.807, 2.05) is 31.2 Å². The van der Waals surface area contributed by atoms with Crippen molar-refractivity contribution in [1.82, 2.24) is 9.97 Å². The largest absolute Gasteiger partial charge is 0.381 e. The highest BCUT2D eigenvalue weighted by molar-refractivity contribution is 5.79. The summed E-state index contributed by atoms with van der Waals surface area (Å²) in [7, 11) is 0. The minimum absolute atomic E-state index is 0.109. The van der Waals surface area contributed by atoms with Crippen LogP contribution in [0.3, 0.4) is 0 Å². The molecule has 2 rings (SSSR count). The summed E-state index contributed by atoms with van der Waals surface area (Å²) in [6.45, 7) is 5.67. The van der Waals surface area contributed by atoms with Crippen LogP contribution in [0.1, 0.15) is 6.92 Å². The van der Waals surface area contributed by atoms with E-state index in [9.17, 15) is 0 Å². The number of para-hydroxylation sites is 2. The summed E-state index contributed by atoms with van der Waals surface area (Å²) >= 11 is 0. The first-order valence-corrected chi connectivity index (χ1v) is 5.12. The van der Waals surface area contributed by atoms with Crippen molar-refractivity contribution in [2.75, 3.05) is 11.1 Å². The van der Waals surface area contributed by atoms with Crippen LogP contribution in [0.2, 0.25) is 0 Å². The molecule has 3 N–H and O–H groups in total. The summed E-state index contributed by atoms with van der Waals surface area (Å²) in [5.74, 6) is 1.01. The van der Waals surface area contributed by atoms with Crippen molar-refractivity contribution >= 4 is 22.7 Å². The molecular formula is C12H14N4. The molecule has 1 atom stereocenters.